The third-order valence-electron chi connectivity index (χ3n) is 4.02. The van der Waals surface area contributed by atoms with Gasteiger partial charge in [-0.3, -0.25) is 4.79 Å². The van der Waals surface area contributed by atoms with E-state index in [2.05, 4.69) is 0 Å². The minimum atomic E-state index is -0.188. The molecule has 5 nitrogen and oxygen atoms in total. The van der Waals surface area contributed by atoms with Crippen molar-refractivity contribution in [2.24, 2.45) is 0 Å². The molecule has 2 aromatic carbocycles. The molecule has 0 saturated carbocycles. The van der Waals surface area contributed by atoms with E-state index in [-0.39, 0.29) is 17.8 Å². The van der Waals surface area contributed by atoms with Crippen LogP contribution < -0.4 is 4.74 Å². The van der Waals surface area contributed by atoms with Crippen LogP contribution in [0.5, 0.6) is 11.5 Å². The number of morpholine rings is 1. The van der Waals surface area contributed by atoms with E-state index in [1.807, 2.05) is 24.3 Å². The first kappa shape index (κ1) is 16.6. The largest absolute Gasteiger partial charge is 0.504 e. The molecule has 0 aliphatic carbocycles. The predicted octanol–water partition coefficient (Wildman–Crippen LogP) is 3.27. The van der Waals surface area contributed by atoms with Crippen LogP contribution in [0.15, 0.2) is 42.5 Å². The zero-order valence-corrected chi connectivity index (χ0v) is 14.0. The van der Waals surface area contributed by atoms with E-state index >= 15 is 0 Å². The molecule has 1 atom stereocenters. The maximum atomic E-state index is 12.7. The van der Waals surface area contributed by atoms with Crippen LogP contribution in [0.4, 0.5) is 0 Å². The van der Waals surface area contributed by atoms with Gasteiger partial charge in [0.1, 0.15) is 6.10 Å². The van der Waals surface area contributed by atoms with Crippen molar-refractivity contribution in [1.82, 2.24) is 4.90 Å². The molecule has 1 N–H and O–H groups in total. The van der Waals surface area contributed by atoms with Crippen molar-refractivity contribution in [3.05, 3.63) is 58.6 Å². The van der Waals surface area contributed by atoms with Gasteiger partial charge in [0.15, 0.2) is 11.5 Å². The third kappa shape index (κ3) is 3.47. The molecular weight excluding hydrogens is 330 g/mol. The molecule has 0 aromatic heterocycles. The normalized spacial score (nSPS) is 17.6. The number of carbonyl (C=O) groups is 1. The topological polar surface area (TPSA) is 59.0 Å². The first-order valence-corrected chi connectivity index (χ1v) is 7.99. The van der Waals surface area contributed by atoms with Crippen LogP contribution in [-0.4, -0.2) is 42.7 Å². The lowest BCUT2D eigenvalue weighted by Crippen LogP contribution is -2.42. The van der Waals surface area contributed by atoms with Gasteiger partial charge in [-0.25, -0.2) is 0 Å². The van der Waals surface area contributed by atoms with Gasteiger partial charge in [-0.1, -0.05) is 23.7 Å². The lowest BCUT2D eigenvalue weighted by Gasteiger charge is -2.33. The van der Waals surface area contributed by atoms with Crippen LogP contribution in [0, 0.1) is 0 Å². The van der Waals surface area contributed by atoms with Crippen LogP contribution in [0.3, 0.4) is 0 Å². The Morgan fingerprint density at radius 3 is 2.71 bits per heavy atom. The van der Waals surface area contributed by atoms with Crippen molar-refractivity contribution in [2.45, 2.75) is 6.10 Å². The highest BCUT2D eigenvalue weighted by Gasteiger charge is 2.26. The molecule has 2 aromatic rings. The summed E-state index contributed by atoms with van der Waals surface area (Å²) in [4.78, 5) is 14.4. The second-order valence-electron chi connectivity index (χ2n) is 5.55. The van der Waals surface area contributed by atoms with Crippen molar-refractivity contribution in [3.63, 3.8) is 0 Å². The number of phenolic OH excluding ortho intramolecular Hbond substituents is 1. The molecule has 1 fully saturated rings. The van der Waals surface area contributed by atoms with Gasteiger partial charge >= 0.3 is 0 Å². The van der Waals surface area contributed by atoms with Crippen LogP contribution in [0.25, 0.3) is 0 Å². The molecule has 1 amide bonds. The van der Waals surface area contributed by atoms with Gasteiger partial charge < -0.3 is 19.5 Å². The summed E-state index contributed by atoms with van der Waals surface area (Å²) in [5.74, 6) is 0.147. The highest BCUT2D eigenvalue weighted by Crippen LogP contribution is 2.28. The van der Waals surface area contributed by atoms with E-state index in [0.717, 1.165) is 5.56 Å². The summed E-state index contributed by atoms with van der Waals surface area (Å²) in [7, 11) is 1.47. The minimum Gasteiger partial charge on any atom is -0.504 e. The lowest BCUT2D eigenvalue weighted by molar-refractivity contribution is -0.0228. The number of aromatic hydroxyl groups is 1. The number of methoxy groups -OCH3 is 1. The predicted molar refractivity (Wildman–Crippen MR) is 90.7 cm³/mol. The summed E-state index contributed by atoms with van der Waals surface area (Å²) in [6.45, 7) is 1.42. The van der Waals surface area contributed by atoms with E-state index in [0.29, 0.717) is 36.0 Å². The second-order valence-corrected chi connectivity index (χ2v) is 5.99. The van der Waals surface area contributed by atoms with Gasteiger partial charge in [0.2, 0.25) is 0 Å². The number of benzene rings is 2. The van der Waals surface area contributed by atoms with E-state index in [1.54, 1.807) is 17.0 Å². The molecule has 24 heavy (non-hydrogen) atoms. The molecule has 0 bridgehead atoms. The number of hydrogen-bond acceptors (Lipinski definition) is 4. The molecule has 0 radical (unpaired) electrons. The van der Waals surface area contributed by atoms with Gasteiger partial charge in [0.05, 0.1) is 20.3 Å². The van der Waals surface area contributed by atoms with E-state index in [9.17, 15) is 9.90 Å². The van der Waals surface area contributed by atoms with Crippen molar-refractivity contribution >= 4 is 17.5 Å². The Balaban J connectivity index is 1.75. The zero-order valence-electron chi connectivity index (χ0n) is 13.2. The van der Waals surface area contributed by atoms with Gasteiger partial charge in [-0.05, 0) is 35.9 Å². The SMILES string of the molecule is COc1ccc(C(=O)N2CCO[C@H](c3ccc(Cl)cc3)C2)cc1O. The van der Waals surface area contributed by atoms with Crippen LogP contribution >= 0.6 is 11.6 Å². The number of carbonyl (C=O) groups excluding carboxylic acids is 1. The summed E-state index contributed by atoms with van der Waals surface area (Å²) in [5, 5.41) is 10.5. The number of amides is 1. The third-order valence-corrected chi connectivity index (χ3v) is 4.27. The smallest absolute Gasteiger partial charge is 0.254 e. The van der Waals surface area contributed by atoms with Crippen molar-refractivity contribution < 1.29 is 19.4 Å². The fourth-order valence-electron chi connectivity index (χ4n) is 2.72. The summed E-state index contributed by atoms with van der Waals surface area (Å²) in [6.07, 6.45) is -0.188. The summed E-state index contributed by atoms with van der Waals surface area (Å²) in [6, 6.07) is 12.1. The average molecular weight is 348 g/mol. The standard InChI is InChI=1S/C18H18ClNO4/c1-23-16-7-4-13(10-15(16)21)18(22)20-8-9-24-17(11-20)12-2-5-14(19)6-3-12/h2-7,10,17,21H,8-9,11H2,1H3/t17-/m0/s1. The Labute approximate surface area is 145 Å². The van der Waals surface area contributed by atoms with Crippen LogP contribution in [0.1, 0.15) is 22.0 Å². The second kappa shape index (κ2) is 7.11. The molecule has 1 aliphatic rings. The molecule has 1 saturated heterocycles. The fraction of sp³-hybridized carbons (Fsp3) is 0.278. The van der Waals surface area contributed by atoms with Crippen molar-refractivity contribution in [1.29, 1.82) is 0 Å². The number of phenols is 1. The average Bonchev–Trinajstić information content (AvgIpc) is 2.61. The Kier molecular flexibility index (Phi) is 4.92. The van der Waals surface area contributed by atoms with E-state index < -0.39 is 0 Å². The van der Waals surface area contributed by atoms with Crippen LogP contribution in [0.2, 0.25) is 5.02 Å². The first-order chi connectivity index (χ1) is 11.6. The Bertz CT molecular complexity index is 732. The number of halogens is 1. The van der Waals surface area contributed by atoms with Crippen molar-refractivity contribution in [3.8, 4) is 11.5 Å². The maximum Gasteiger partial charge on any atom is 0.254 e. The molecule has 126 valence electrons. The number of rotatable bonds is 3. The lowest BCUT2D eigenvalue weighted by atomic mass is 10.1. The molecular formula is C18H18ClNO4. The molecule has 1 aliphatic heterocycles. The Hall–Kier alpha value is -2.24. The highest BCUT2D eigenvalue weighted by atomic mass is 35.5. The van der Waals surface area contributed by atoms with Gasteiger partial charge in [0.25, 0.3) is 5.91 Å². The Morgan fingerprint density at radius 1 is 1.29 bits per heavy atom. The summed E-state index contributed by atoms with van der Waals surface area (Å²) < 4.78 is 10.8. The fourth-order valence-corrected chi connectivity index (χ4v) is 2.84. The monoisotopic (exact) mass is 347 g/mol. The molecule has 6 heteroatoms. The first-order valence-electron chi connectivity index (χ1n) is 7.62. The summed E-state index contributed by atoms with van der Waals surface area (Å²) in [5.41, 5.74) is 1.40. The number of ether oxygens (including phenoxy) is 2. The van der Waals surface area contributed by atoms with Crippen LogP contribution in [-0.2, 0) is 4.74 Å². The summed E-state index contributed by atoms with van der Waals surface area (Å²) >= 11 is 5.91. The van der Waals surface area contributed by atoms with Crippen molar-refractivity contribution in [2.75, 3.05) is 26.8 Å². The Morgan fingerprint density at radius 2 is 2.04 bits per heavy atom. The highest BCUT2D eigenvalue weighted by molar-refractivity contribution is 6.30. The maximum absolute atomic E-state index is 12.7. The molecule has 0 unspecified atom stereocenters. The molecule has 1 heterocycles. The number of nitrogens with zero attached hydrogens (tertiary/aromatic N) is 1. The minimum absolute atomic E-state index is 0.0501. The van der Waals surface area contributed by atoms with E-state index in [1.165, 1.54) is 13.2 Å². The van der Waals surface area contributed by atoms with Gasteiger partial charge in [-0.15, -0.1) is 0 Å². The quantitative estimate of drug-likeness (QED) is 0.925. The van der Waals surface area contributed by atoms with Gasteiger partial charge in [-0.2, -0.15) is 0 Å². The van der Waals surface area contributed by atoms with E-state index in [4.69, 9.17) is 21.1 Å². The number of hydrogen-bond donors (Lipinski definition) is 1. The molecule has 3 rings (SSSR count). The zero-order chi connectivity index (χ0) is 17.1. The molecule has 0 spiro atoms. The van der Waals surface area contributed by atoms with Gasteiger partial charge in [0, 0.05) is 17.1 Å².